The van der Waals surface area contributed by atoms with E-state index in [-0.39, 0.29) is 12.6 Å². The summed E-state index contributed by atoms with van der Waals surface area (Å²) < 4.78 is 16.0. The molecule has 92 valence electrons. The Morgan fingerprint density at radius 2 is 2.12 bits per heavy atom. The van der Waals surface area contributed by atoms with Crippen LogP contribution in [0.15, 0.2) is 18.2 Å². The van der Waals surface area contributed by atoms with Crippen LogP contribution in [0.4, 0.5) is 0 Å². The van der Waals surface area contributed by atoms with Gasteiger partial charge in [-0.1, -0.05) is 0 Å². The average molecular weight is 236 g/mol. The third kappa shape index (κ3) is 3.37. The summed E-state index contributed by atoms with van der Waals surface area (Å²) in [6.45, 7) is 2.50. The van der Waals surface area contributed by atoms with Crippen LogP contribution < -0.4 is 14.2 Å². The maximum Gasteiger partial charge on any atom is 0.231 e. The van der Waals surface area contributed by atoms with E-state index in [1.54, 1.807) is 6.92 Å². The minimum atomic E-state index is 0.230. The second-order valence-electron chi connectivity index (χ2n) is 4.02. The van der Waals surface area contributed by atoms with Crippen molar-refractivity contribution in [3.05, 3.63) is 18.2 Å². The van der Waals surface area contributed by atoms with Crippen molar-refractivity contribution in [2.24, 2.45) is 0 Å². The summed E-state index contributed by atoms with van der Waals surface area (Å²) in [7, 11) is 0. The molecule has 1 aromatic rings. The lowest BCUT2D eigenvalue weighted by Crippen LogP contribution is -1.99. The molecular formula is C13H16O4. The number of ketones is 1. The zero-order valence-corrected chi connectivity index (χ0v) is 9.90. The second-order valence-corrected chi connectivity index (χ2v) is 4.02. The molecule has 0 bridgehead atoms. The van der Waals surface area contributed by atoms with Crippen molar-refractivity contribution in [1.29, 1.82) is 0 Å². The van der Waals surface area contributed by atoms with Crippen molar-refractivity contribution in [3.8, 4) is 17.2 Å². The largest absolute Gasteiger partial charge is 0.493 e. The summed E-state index contributed by atoms with van der Waals surface area (Å²) >= 11 is 0. The molecule has 1 heterocycles. The fraction of sp³-hybridized carbons (Fsp3) is 0.462. The Labute approximate surface area is 100 Å². The van der Waals surface area contributed by atoms with E-state index >= 15 is 0 Å². The van der Waals surface area contributed by atoms with Gasteiger partial charge in [-0.05, 0) is 31.9 Å². The smallest absolute Gasteiger partial charge is 0.231 e. The number of unbranched alkanes of at least 4 members (excludes halogenated alkanes) is 1. The number of benzene rings is 1. The highest BCUT2D eigenvalue weighted by atomic mass is 16.7. The molecule has 0 saturated carbocycles. The van der Waals surface area contributed by atoms with Gasteiger partial charge in [-0.25, -0.2) is 0 Å². The lowest BCUT2D eigenvalue weighted by molar-refractivity contribution is -0.117. The summed E-state index contributed by atoms with van der Waals surface area (Å²) in [5.74, 6) is 2.49. The Hall–Kier alpha value is -1.71. The van der Waals surface area contributed by atoms with Gasteiger partial charge in [0.15, 0.2) is 11.5 Å². The fourth-order valence-electron chi connectivity index (χ4n) is 1.63. The first-order valence-electron chi connectivity index (χ1n) is 5.77. The van der Waals surface area contributed by atoms with Crippen molar-refractivity contribution in [2.45, 2.75) is 26.2 Å². The first-order chi connectivity index (χ1) is 8.25. The van der Waals surface area contributed by atoms with Crippen molar-refractivity contribution in [1.82, 2.24) is 0 Å². The second kappa shape index (κ2) is 5.57. The Balaban J connectivity index is 1.74. The summed E-state index contributed by atoms with van der Waals surface area (Å²) in [5.41, 5.74) is 0. The van der Waals surface area contributed by atoms with E-state index in [2.05, 4.69) is 0 Å². The van der Waals surface area contributed by atoms with Crippen LogP contribution in [-0.2, 0) is 4.79 Å². The number of fused-ring (bicyclic) bond motifs is 1. The first kappa shape index (κ1) is 11.8. The summed E-state index contributed by atoms with van der Waals surface area (Å²) in [5, 5.41) is 0. The molecule has 0 spiro atoms. The van der Waals surface area contributed by atoms with Gasteiger partial charge < -0.3 is 19.0 Å². The molecule has 0 fully saturated rings. The lowest BCUT2D eigenvalue weighted by atomic mass is 10.2. The van der Waals surface area contributed by atoms with Crippen LogP contribution in [0.3, 0.4) is 0 Å². The number of Topliss-reactive ketones (excluding diaryl/α,β-unsaturated/α-hetero) is 1. The lowest BCUT2D eigenvalue weighted by Gasteiger charge is -2.06. The molecule has 0 aliphatic carbocycles. The van der Waals surface area contributed by atoms with E-state index in [0.717, 1.165) is 30.1 Å². The van der Waals surface area contributed by atoms with Gasteiger partial charge in [-0.3, -0.25) is 0 Å². The predicted molar refractivity (Wildman–Crippen MR) is 62.6 cm³/mol. The minimum Gasteiger partial charge on any atom is -0.493 e. The van der Waals surface area contributed by atoms with Crippen LogP contribution in [0.25, 0.3) is 0 Å². The average Bonchev–Trinajstić information content (AvgIpc) is 2.75. The van der Waals surface area contributed by atoms with Crippen LogP contribution >= 0.6 is 0 Å². The van der Waals surface area contributed by atoms with Gasteiger partial charge in [0.05, 0.1) is 6.61 Å². The quantitative estimate of drug-likeness (QED) is 0.712. The van der Waals surface area contributed by atoms with Crippen LogP contribution in [0, 0.1) is 0 Å². The molecule has 2 rings (SSSR count). The molecule has 17 heavy (non-hydrogen) atoms. The van der Waals surface area contributed by atoms with Gasteiger partial charge >= 0.3 is 0 Å². The number of hydrogen-bond donors (Lipinski definition) is 0. The highest BCUT2D eigenvalue weighted by Gasteiger charge is 2.13. The molecule has 0 amide bonds. The Morgan fingerprint density at radius 3 is 2.94 bits per heavy atom. The zero-order chi connectivity index (χ0) is 12.1. The van der Waals surface area contributed by atoms with Crippen molar-refractivity contribution in [2.75, 3.05) is 13.4 Å². The van der Waals surface area contributed by atoms with Gasteiger partial charge in [-0.15, -0.1) is 0 Å². The zero-order valence-electron chi connectivity index (χ0n) is 9.90. The minimum absolute atomic E-state index is 0.230. The first-order valence-corrected chi connectivity index (χ1v) is 5.77. The summed E-state index contributed by atoms with van der Waals surface area (Å²) in [4.78, 5) is 10.7. The molecule has 0 unspecified atom stereocenters. The number of carbonyl (C=O) groups excluding carboxylic acids is 1. The highest BCUT2D eigenvalue weighted by Crippen LogP contribution is 2.35. The molecule has 1 aromatic carbocycles. The van der Waals surface area contributed by atoms with Crippen molar-refractivity contribution in [3.63, 3.8) is 0 Å². The standard InChI is InChI=1S/C13H16O4/c1-10(14)4-2-3-7-15-11-5-6-12-13(8-11)17-9-16-12/h5-6,8H,2-4,7,9H2,1H3. The van der Waals surface area contributed by atoms with Crippen LogP contribution in [-0.4, -0.2) is 19.2 Å². The van der Waals surface area contributed by atoms with E-state index in [0.29, 0.717) is 13.0 Å². The maximum absolute atomic E-state index is 10.7. The molecule has 0 saturated heterocycles. The van der Waals surface area contributed by atoms with E-state index in [4.69, 9.17) is 14.2 Å². The number of hydrogen-bond acceptors (Lipinski definition) is 4. The van der Waals surface area contributed by atoms with Gasteiger partial charge in [-0.2, -0.15) is 0 Å². The molecule has 0 N–H and O–H groups in total. The Kier molecular flexibility index (Phi) is 3.85. The molecule has 4 heteroatoms. The summed E-state index contributed by atoms with van der Waals surface area (Å²) in [6, 6.07) is 5.53. The van der Waals surface area contributed by atoms with Gasteiger partial charge in [0.25, 0.3) is 0 Å². The van der Waals surface area contributed by atoms with Crippen molar-refractivity contribution < 1.29 is 19.0 Å². The van der Waals surface area contributed by atoms with Crippen LogP contribution in [0.2, 0.25) is 0 Å². The van der Waals surface area contributed by atoms with E-state index in [1.165, 1.54) is 0 Å². The monoisotopic (exact) mass is 236 g/mol. The molecule has 4 nitrogen and oxygen atoms in total. The third-order valence-corrected chi connectivity index (χ3v) is 2.54. The van der Waals surface area contributed by atoms with Crippen molar-refractivity contribution >= 4 is 5.78 Å². The molecule has 1 aliphatic heterocycles. The van der Waals surface area contributed by atoms with E-state index in [9.17, 15) is 4.79 Å². The number of rotatable bonds is 6. The molecule has 0 atom stereocenters. The fourth-order valence-corrected chi connectivity index (χ4v) is 1.63. The van der Waals surface area contributed by atoms with Gasteiger partial charge in [0.2, 0.25) is 6.79 Å². The molecule has 0 aromatic heterocycles. The molecule has 0 radical (unpaired) electrons. The third-order valence-electron chi connectivity index (χ3n) is 2.54. The normalized spacial score (nSPS) is 12.5. The highest BCUT2D eigenvalue weighted by molar-refractivity contribution is 5.75. The Morgan fingerprint density at radius 1 is 1.29 bits per heavy atom. The van der Waals surface area contributed by atoms with E-state index in [1.807, 2.05) is 18.2 Å². The van der Waals surface area contributed by atoms with Gasteiger partial charge in [0, 0.05) is 12.5 Å². The maximum atomic E-state index is 10.7. The number of ether oxygens (including phenoxy) is 3. The van der Waals surface area contributed by atoms with Gasteiger partial charge in [0.1, 0.15) is 11.5 Å². The topological polar surface area (TPSA) is 44.8 Å². The SMILES string of the molecule is CC(=O)CCCCOc1ccc2c(c1)OCO2. The van der Waals surface area contributed by atoms with Crippen LogP contribution in [0.5, 0.6) is 17.2 Å². The van der Waals surface area contributed by atoms with E-state index < -0.39 is 0 Å². The van der Waals surface area contributed by atoms with Crippen LogP contribution in [0.1, 0.15) is 26.2 Å². The Bertz CT molecular complexity index is 400. The molecular weight excluding hydrogens is 220 g/mol. The number of carbonyl (C=O) groups is 1. The molecule has 1 aliphatic rings. The summed E-state index contributed by atoms with van der Waals surface area (Å²) in [6.07, 6.45) is 2.39. The predicted octanol–water partition coefficient (Wildman–Crippen LogP) is 2.55.